The minimum Gasteiger partial charge on any atom is -0.251 e. The number of hydrogen-bond donors (Lipinski definition) is 0. The van der Waals surface area contributed by atoms with E-state index in [9.17, 15) is 0 Å². The number of aromatic nitrogens is 1. The van der Waals surface area contributed by atoms with Gasteiger partial charge in [0.15, 0.2) is 0 Å². The summed E-state index contributed by atoms with van der Waals surface area (Å²) in [6.45, 7) is 0. The molecule has 88 valence electrons. The molecule has 0 atom stereocenters. The topological polar surface area (TPSA) is 12.9 Å². The van der Waals surface area contributed by atoms with Gasteiger partial charge in [-0.1, -0.05) is 34.8 Å². The molecule has 0 spiro atoms. The summed E-state index contributed by atoms with van der Waals surface area (Å²) >= 11 is 18.6. The van der Waals surface area contributed by atoms with Crippen molar-refractivity contribution in [3.05, 3.63) is 38.5 Å². The van der Waals surface area contributed by atoms with Crippen molar-refractivity contribution in [1.82, 2.24) is 4.98 Å². The van der Waals surface area contributed by atoms with Crippen LogP contribution in [0.5, 0.6) is 0 Å². The van der Waals surface area contributed by atoms with Crippen molar-refractivity contribution in [3.63, 3.8) is 0 Å². The molecule has 1 aromatic heterocycles. The first-order valence-electron chi connectivity index (χ1n) is 5.63. The molecule has 0 saturated heterocycles. The summed E-state index contributed by atoms with van der Waals surface area (Å²) in [4.78, 5) is 4.64. The number of rotatable bonds is 0. The van der Waals surface area contributed by atoms with Crippen molar-refractivity contribution < 1.29 is 0 Å². The lowest BCUT2D eigenvalue weighted by atomic mass is 9.94. The van der Waals surface area contributed by atoms with E-state index < -0.39 is 0 Å². The SMILES string of the molecule is Clc1cc(Cl)c2nc3c(c(Cl)c2c1)CCCC3. The van der Waals surface area contributed by atoms with Gasteiger partial charge in [-0.15, -0.1) is 0 Å². The lowest BCUT2D eigenvalue weighted by Gasteiger charge is -2.18. The van der Waals surface area contributed by atoms with Crippen LogP contribution in [0.15, 0.2) is 12.1 Å². The molecule has 1 aromatic carbocycles. The Kier molecular flexibility index (Phi) is 2.94. The molecule has 1 aliphatic rings. The van der Waals surface area contributed by atoms with Crippen molar-refractivity contribution in [3.8, 4) is 0 Å². The molecule has 0 bridgehead atoms. The minimum absolute atomic E-state index is 0.572. The highest BCUT2D eigenvalue weighted by Gasteiger charge is 2.18. The molecule has 0 radical (unpaired) electrons. The first-order chi connectivity index (χ1) is 8.16. The highest BCUT2D eigenvalue weighted by Crippen LogP contribution is 2.36. The van der Waals surface area contributed by atoms with Crippen LogP contribution in [-0.4, -0.2) is 4.98 Å². The average Bonchev–Trinajstić information content (AvgIpc) is 2.31. The van der Waals surface area contributed by atoms with Gasteiger partial charge in [0.25, 0.3) is 0 Å². The van der Waals surface area contributed by atoms with E-state index in [1.165, 1.54) is 18.4 Å². The largest absolute Gasteiger partial charge is 0.251 e. The van der Waals surface area contributed by atoms with Gasteiger partial charge in [0.05, 0.1) is 15.6 Å². The van der Waals surface area contributed by atoms with E-state index in [4.69, 9.17) is 34.8 Å². The Labute approximate surface area is 115 Å². The third-order valence-electron chi connectivity index (χ3n) is 3.22. The van der Waals surface area contributed by atoms with Gasteiger partial charge >= 0.3 is 0 Å². The van der Waals surface area contributed by atoms with Crippen LogP contribution in [-0.2, 0) is 12.8 Å². The number of fused-ring (bicyclic) bond motifs is 2. The molecule has 2 aromatic rings. The molecule has 0 saturated carbocycles. The van der Waals surface area contributed by atoms with Crippen LogP contribution in [0.25, 0.3) is 10.9 Å². The summed E-state index contributed by atoms with van der Waals surface area (Å²) in [5.41, 5.74) is 3.03. The van der Waals surface area contributed by atoms with Gasteiger partial charge in [-0.2, -0.15) is 0 Å². The van der Waals surface area contributed by atoms with Crippen molar-refractivity contribution in [1.29, 1.82) is 0 Å². The molecule has 4 heteroatoms. The zero-order valence-corrected chi connectivity index (χ0v) is 11.3. The van der Waals surface area contributed by atoms with Gasteiger partial charge in [-0.25, -0.2) is 0 Å². The first kappa shape index (κ1) is 11.6. The fraction of sp³-hybridized carbons (Fsp3) is 0.308. The van der Waals surface area contributed by atoms with Crippen molar-refractivity contribution in [2.45, 2.75) is 25.7 Å². The molecule has 0 aliphatic heterocycles. The fourth-order valence-corrected chi connectivity index (χ4v) is 3.28. The molecular formula is C13H10Cl3N. The first-order valence-corrected chi connectivity index (χ1v) is 6.76. The van der Waals surface area contributed by atoms with Crippen molar-refractivity contribution in [2.24, 2.45) is 0 Å². The maximum Gasteiger partial charge on any atom is 0.0907 e. The molecule has 1 aliphatic carbocycles. The van der Waals surface area contributed by atoms with E-state index in [-0.39, 0.29) is 0 Å². The van der Waals surface area contributed by atoms with Gasteiger partial charge in [0.2, 0.25) is 0 Å². The highest BCUT2D eigenvalue weighted by atomic mass is 35.5. The predicted octanol–water partition coefficient (Wildman–Crippen LogP) is 5.07. The van der Waals surface area contributed by atoms with Crippen LogP contribution in [0.2, 0.25) is 15.1 Å². The van der Waals surface area contributed by atoms with Crippen LogP contribution in [0.4, 0.5) is 0 Å². The molecule has 1 nitrogen and oxygen atoms in total. The number of halogens is 3. The fourth-order valence-electron chi connectivity index (χ4n) is 2.39. The summed E-state index contributed by atoms with van der Waals surface area (Å²) < 4.78 is 0. The van der Waals surface area contributed by atoms with Gasteiger partial charge in [0, 0.05) is 16.1 Å². The van der Waals surface area contributed by atoms with E-state index in [0.717, 1.165) is 34.5 Å². The Morgan fingerprint density at radius 2 is 1.76 bits per heavy atom. The Hall–Kier alpha value is -0.500. The standard InChI is InChI=1S/C13H10Cl3N/c14-7-5-9-12(16)8-3-1-2-4-11(8)17-13(9)10(15)6-7/h5-6H,1-4H2. The summed E-state index contributed by atoms with van der Waals surface area (Å²) in [6, 6.07) is 3.55. The molecule has 1 heterocycles. The van der Waals surface area contributed by atoms with E-state index in [1.54, 1.807) is 6.07 Å². The Morgan fingerprint density at radius 3 is 2.59 bits per heavy atom. The molecule has 3 rings (SSSR count). The third-order valence-corrected chi connectivity index (χ3v) is 4.15. The normalized spacial score (nSPS) is 15.0. The number of aryl methyl sites for hydroxylation is 1. The van der Waals surface area contributed by atoms with E-state index >= 15 is 0 Å². The van der Waals surface area contributed by atoms with Crippen LogP contribution in [0, 0.1) is 0 Å². The minimum atomic E-state index is 0.572. The smallest absolute Gasteiger partial charge is 0.0907 e. The lowest BCUT2D eigenvalue weighted by molar-refractivity contribution is 0.671. The molecule has 0 fully saturated rings. The van der Waals surface area contributed by atoms with Crippen LogP contribution in [0.1, 0.15) is 24.1 Å². The van der Waals surface area contributed by atoms with Crippen LogP contribution < -0.4 is 0 Å². The zero-order chi connectivity index (χ0) is 12.0. The summed E-state index contributed by atoms with van der Waals surface area (Å²) in [5.74, 6) is 0. The van der Waals surface area contributed by atoms with E-state index in [1.807, 2.05) is 6.07 Å². The van der Waals surface area contributed by atoms with Gasteiger partial charge in [-0.05, 0) is 43.4 Å². The van der Waals surface area contributed by atoms with Crippen LogP contribution in [0.3, 0.4) is 0 Å². The summed E-state index contributed by atoms with van der Waals surface area (Å²) in [7, 11) is 0. The number of benzene rings is 1. The molecule has 0 N–H and O–H groups in total. The zero-order valence-electron chi connectivity index (χ0n) is 9.06. The predicted molar refractivity (Wildman–Crippen MR) is 73.4 cm³/mol. The maximum absolute atomic E-state index is 6.45. The van der Waals surface area contributed by atoms with Gasteiger partial charge < -0.3 is 0 Å². The van der Waals surface area contributed by atoms with E-state index in [2.05, 4.69) is 4.98 Å². The van der Waals surface area contributed by atoms with Crippen LogP contribution >= 0.6 is 34.8 Å². The second-order valence-electron chi connectivity index (χ2n) is 4.34. The Bertz CT molecular complexity index is 607. The number of nitrogens with zero attached hydrogens (tertiary/aromatic N) is 1. The Morgan fingerprint density at radius 1 is 1.00 bits per heavy atom. The van der Waals surface area contributed by atoms with E-state index in [0.29, 0.717) is 10.0 Å². The average molecular weight is 287 g/mol. The highest BCUT2D eigenvalue weighted by molar-refractivity contribution is 6.41. The van der Waals surface area contributed by atoms with Crippen molar-refractivity contribution in [2.75, 3.05) is 0 Å². The molecule has 0 amide bonds. The quantitative estimate of drug-likeness (QED) is 0.658. The van der Waals surface area contributed by atoms with Gasteiger partial charge in [-0.3, -0.25) is 4.98 Å². The number of pyridine rings is 1. The monoisotopic (exact) mass is 285 g/mol. The second kappa shape index (κ2) is 4.31. The second-order valence-corrected chi connectivity index (χ2v) is 5.56. The third kappa shape index (κ3) is 1.91. The molecular weight excluding hydrogens is 277 g/mol. The van der Waals surface area contributed by atoms with Gasteiger partial charge in [0.1, 0.15) is 0 Å². The number of hydrogen-bond acceptors (Lipinski definition) is 1. The lowest BCUT2D eigenvalue weighted by Crippen LogP contribution is -2.06. The van der Waals surface area contributed by atoms with Crippen molar-refractivity contribution >= 4 is 45.7 Å². The summed E-state index contributed by atoms with van der Waals surface area (Å²) in [5, 5.41) is 2.81. The maximum atomic E-state index is 6.45. The molecule has 0 unspecified atom stereocenters. The molecule has 17 heavy (non-hydrogen) atoms. The summed E-state index contributed by atoms with van der Waals surface area (Å²) in [6.07, 6.45) is 4.34. The Balaban J connectivity index is 2.40.